The third kappa shape index (κ3) is 4.22. The van der Waals surface area contributed by atoms with Gasteiger partial charge in [-0.15, -0.1) is 10.2 Å². The van der Waals surface area contributed by atoms with Crippen molar-refractivity contribution < 1.29 is 31.1 Å². The highest BCUT2D eigenvalue weighted by Crippen LogP contribution is 2.36. The van der Waals surface area contributed by atoms with Crippen LogP contribution in [0.2, 0.25) is 0 Å². The summed E-state index contributed by atoms with van der Waals surface area (Å²) < 4.78 is 76.5. The molecule has 1 heterocycles. The topological polar surface area (TPSA) is 54.9 Å². The Kier molecular flexibility index (Phi) is 4.83. The van der Waals surface area contributed by atoms with Crippen molar-refractivity contribution in [2.24, 2.45) is 0 Å². The molecular formula is C13H9F6N3OS. The van der Waals surface area contributed by atoms with Crippen molar-refractivity contribution >= 4 is 22.4 Å². The Hall–Kier alpha value is -2.17. The largest absolute Gasteiger partial charge is 0.416 e. The molecule has 4 nitrogen and oxygen atoms in total. The highest BCUT2D eigenvalue weighted by Gasteiger charge is 2.37. The summed E-state index contributed by atoms with van der Waals surface area (Å²) in [5, 5.41) is 9.97. The van der Waals surface area contributed by atoms with Gasteiger partial charge in [0.15, 0.2) is 0 Å². The summed E-state index contributed by atoms with van der Waals surface area (Å²) >= 11 is 0.977. The van der Waals surface area contributed by atoms with E-state index in [0.29, 0.717) is 23.6 Å². The maximum Gasteiger partial charge on any atom is 0.416 e. The number of hydrogen-bond donors (Lipinski definition) is 1. The first-order chi connectivity index (χ1) is 11.0. The standard InChI is InChI=1S/C13H9F6N3OS/c1-2-9-21-22-11(24-9)20-10(23)6-3-7(12(14,15)16)5-8(4-6)13(17,18)19/h3-5H,2H2,1H3,(H,20,22,23). The van der Waals surface area contributed by atoms with Gasteiger partial charge in [-0.25, -0.2) is 0 Å². The molecule has 0 saturated heterocycles. The molecule has 0 aliphatic carbocycles. The minimum atomic E-state index is -5.02. The minimum Gasteiger partial charge on any atom is -0.296 e. The third-order valence-corrected chi connectivity index (χ3v) is 3.82. The highest BCUT2D eigenvalue weighted by molar-refractivity contribution is 7.15. The molecule has 0 spiro atoms. The van der Waals surface area contributed by atoms with E-state index in [2.05, 4.69) is 15.5 Å². The molecule has 0 aliphatic rings. The summed E-state index contributed by atoms with van der Waals surface area (Å²) in [6, 6.07) is 0.662. The van der Waals surface area contributed by atoms with Gasteiger partial charge in [-0.1, -0.05) is 18.3 Å². The lowest BCUT2D eigenvalue weighted by Gasteiger charge is -2.13. The van der Waals surface area contributed by atoms with Gasteiger partial charge in [0.1, 0.15) is 5.01 Å². The van der Waals surface area contributed by atoms with Crippen LogP contribution in [-0.2, 0) is 18.8 Å². The number of aromatic nitrogens is 2. The summed E-state index contributed by atoms with van der Waals surface area (Å²) in [5.41, 5.74) is -3.90. The number of carbonyl (C=O) groups excluding carboxylic acids is 1. The first-order valence-corrected chi connectivity index (χ1v) is 7.25. The molecule has 11 heteroatoms. The molecule has 24 heavy (non-hydrogen) atoms. The Labute approximate surface area is 135 Å². The SMILES string of the molecule is CCc1nnc(NC(=O)c2cc(C(F)(F)F)cc(C(F)(F)F)c2)s1. The van der Waals surface area contributed by atoms with Gasteiger partial charge >= 0.3 is 12.4 Å². The van der Waals surface area contributed by atoms with Crippen molar-refractivity contribution in [2.45, 2.75) is 25.7 Å². The molecule has 0 saturated carbocycles. The number of benzene rings is 1. The van der Waals surface area contributed by atoms with Gasteiger partial charge < -0.3 is 0 Å². The predicted molar refractivity (Wildman–Crippen MR) is 73.7 cm³/mol. The molecule has 0 unspecified atom stereocenters. The molecule has 130 valence electrons. The van der Waals surface area contributed by atoms with Crippen LogP contribution >= 0.6 is 11.3 Å². The molecule has 2 aromatic rings. The fourth-order valence-electron chi connectivity index (χ4n) is 1.70. The number of rotatable bonds is 3. The Morgan fingerprint density at radius 1 is 1.04 bits per heavy atom. The molecule has 0 fully saturated rings. The number of amides is 1. The van der Waals surface area contributed by atoms with Crippen molar-refractivity contribution in [1.82, 2.24) is 10.2 Å². The second-order valence-corrected chi connectivity index (χ2v) is 5.67. The first-order valence-electron chi connectivity index (χ1n) is 6.44. The van der Waals surface area contributed by atoms with E-state index < -0.39 is 35.0 Å². The Morgan fingerprint density at radius 2 is 1.58 bits per heavy atom. The van der Waals surface area contributed by atoms with Gasteiger partial charge in [0.2, 0.25) is 5.13 Å². The second-order valence-electron chi connectivity index (χ2n) is 4.60. The summed E-state index contributed by atoms with van der Waals surface area (Å²) in [6.45, 7) is 1.77. The quantitative estimate of drug-likeness (QED) is 0.817. The van der Waals surface area contributed by atoms with Gasteiger partial charge in [-0.05, 0) is 24.6 Å². The smallest absolute Gasteiger partial charge is 0.296 e. The second kappa shape index (κ2) is 6.38. The monoisotopic (exact) mass is 369 g/mol. The van der Waals surface area contributed by atoms with Gasteiger partial charge in [0.25, 0.3) is 5.91 Å². The summed E-state index contributed by atoms with van der Waals surface area (Å²) in [7, 11) is 0. The summed E-state index contributed by atoms with van der Waals surface area (Å²) in [4.78, 5) is 12.0. The van der Waals surface area contributed by atoms with Gasteiger partial charge in [0.05, 0.1) is 11.1 Å². The van der Waals surface area contributed by atoms with Gasteiger partial charge in [-0.2, -0.15) is 26.3 Å². The zero-order valence-electron chi connectivity index (χ0n) is 11.9. The zero-order chi connectivity index (χ0) is 18.1. The molecule has 1 aromatic heterocycles. The molecule has 2 rings (SSSR count). The van der Waals surface area contributed by atoms with E-state index in [9.17, 15) is 31.1 Å². The number of nitrogens with zero attached hydrogens (tertiary/aromatic N) is 2. The van der Waals surface area contributed by atoms with Crippen LogP contribution in [0.15, 0.2) is 18.2 Å². The van der Waals surface area contributed by atoms with Crippen LogP contribution in [0.5, 0.6) is 0 Å². The maximum atomic E-state index is 12.8. The molecule has 0 atom stereocenters. The van der Waals surface area contributed by atoms with Crippen LogP contribution in [0.3, 0.4) is 0 Å². The Balaban J connectivity index is 2.38. The normalized spacial score (nSPS) is 12.3. The van der Waals surface area contributed by atoms with E-state index in [4.69, 9.17) is 0 Å². The van der Waals surface area contributed by atoms with Gasteiger partial charge in [-0.3, -0.25) is 10.1 Å². The van der Waals surface area contributed by atoms with Crippen LogP contribution < -0.4 is 5.32 Å². The number of anilines is 1. The van der Waals surface area contributed by atoms with Crippen molar-refractivity contribution in [2.75, 3.05) is 5.32 Å². The van der Waals surface area contributed by atoms with Crippen molar-refractivity contribution in [3.63, 3.8) is 0 Å². The van der Waals surface area contributed by atoms with E-state index in [1.807, 2.05) is 0 Å². The van der Waals surface area contributed by atoms with Crippen LogP contribution in [0.1, 0.15) is 33.4 Å². The van der Waals surface area contributed by atoms with E-state index in [1.54, 1.807) is 6.92 Å². The number of aryl methyl sites for hydroxylation is 1. The van der Waals surface area contributed by atoms with Crippen molar-refractivity contribution in [3.8, 4) is 0 Å². The van der Waals surface area contributed by atoms with Crippen molar-refractivity contribution in [1.29, 1.82) is 0 Å². The maximum absolute atomic E-state index is 12.8. The summed E-state index contributed by atoms with van der Waals surface area (Å²) in [5.74, 6) is -1.13. The van der Waals surface area contributed by atoms with E-state index in [1.165, 1.54) is 0 Å². The predicted octanol–water partition coefficient (Wildman–Crippen LogP) is 4.39. The van der Waals surface area contributed by atoms with Crippen LogP contribution in [-0.4, -0.2) is 16.1 Å². The average Bonchev–Trinajstić information content (AvgIpc) is 2.92. The highest BCUT2D eigenvalue weighted by atomic mass is 32.1. The molecule has 0 aliphatic heterocycles. The van der Waals surface area contributed by atoms with E-state index in [0.717, 1.165) is 11.3 Å². The van der Waals surface area contributed by atoms with E-state index in [-0.39, 0.29) is 11.2 Å². The lowest BCUT2D eigenvalue weighted by atomic mass is 10.0. The van der Waals surface area contributed by atoms with E-state index >= 15 is 0 Å². The van der Waals surface area contributed by atoms with Crippen LogP contribution in [0.25, 0.3) is 0 Å². The summed E-state index contributed by atoms with van der Waals surface area (Å²) in [6.07, 6.45) is -9.52. The van der Waals surface area contributed by atoms with Crippen LogP contribution in [0, 0.1) is 0 Å². The Bertz CT molecular complexity index is 721. The number of carbonyl (C=O) groups is 1. The molecule has 1 amide bonds. The molecule has 0 bridgehead atoms. The first kappa shape index (κ1) is 18.2. The minimum absolute atomic E-state index is 0.0113. The van der Waals surface area contributed by atoms with Crippen LogP contribution in [0.4, 0.5) is 31.5 Å². The number of hydrogen-bond acceptors (Lipinski definition) is 4. The molecular weight excluding hydrogens is 360 g/mol. The lowest BCUT2D eigenvalue weighted by molar-refractivity contribution is -0.143. The third-order valence-electron chi connectivity index (χ3n) is 2.84. The van der Waals surface area contributed by atoms with Gasteiger partial charge in [0, 0.05) is 5.56 Å². The fourth-order valence-corrected chi connectivity index (χ4v) is 2.38. The number of halogens is 6. The number of alkyl halides is 6. The fraction of sp³-hybridized carbons (Fsp3) is 0.308. The molecule has 1 N–H and O–H groups in total. The number of nitrogens with one attached hydrogen (secondary N) is 1. The lowest BCUT2D eigenvalue weighted by Crippen LogP contribution is -2.17. The average molecular weight is 369 g/mol. The Morgan fingerprint density at radius 3 is 2.00 bits per heavy atom. The molecule has 1 aromatic carbocycles. The molecule has 0 radical (unpaired) electrons. The van der Waals surface area contributed by atoms with Crippen molar-refractivity contribution in [3.05, 3.63) is 39.9 Å². The zero-order valence-corrected chi connectivity index (χ0v) is 12.7.